The second-order valence-corrected chi connectivity index (χ2v) is 4.29. The number of aromatic hydroxyl groups is 2. The number of hydrogen-bond donors (Lipinski definition) is 2. The van der Waals surface area contributed by atoms with Gasteiger partial charge in [-0.1, -0.05) is 0 Å². The van der Waals surface area contributed by atoms with Crippen LogP contribution in [0.15, 0.2) is 30.4 Å². The first kappa shape index (κ1) is 18.0. The van der Waals surface area contributed by atoms with Crippen molar-refractivity contribution in [3.8, 4) is 17.2 Å². The summed E-state index contributed by atoms with van der Waals surface area (Å²) in [5.41, 5.74) is 0. The maximum atomic E-state index is 11.5. The van der Waals surface area contributed by atoms with Crippen molar-refractivity contribution >= 4 is 17.9 Å². The summed E-state index contributed by atoms with van der Waals surface area (Å²) in [6.45, 7) is -0.0370. The molecule has 23 heavy (non-hydrogen) atoms. The SMILES string of the molecule is COC(=O)C=CC(=O)OCCCC(=O)Oc1cc(O)cc(O)c1. The predicted molar refractivity (Wildman–Crippen MR) is 76.8 cm³/mol. The van der Waals surface area contributed by atoms with E-state index in [0.29, 0.717) is 0 Å². The van der Waals surface area contributed by atoms with Gasteiger partial charge >= 0.3 is 17.9 Å². The Hall–Kier alpha value is -3.03. The highest BCUT2D eigenvalue weighted by molar-refractivity contribution is 5.91. The lowest BCUT2D eigenvalue weighted by Crippen LogP contribution is -2.10. The molecule has 0 bridgehead atoms. The molecular weight excluding hydrogens is 308 g/mol. The monoisotopic (exact) mass is 324 g/mol. The Bertz CT molecular complexity index is 585. The van der Waals surface area contributed by atoms with Crippen LogP contribution < -0.4 is 4.74 Å². The molecule has 0 heterocycles. The molecule has 0 amide bonds. The Morgan fingerprint density at radius 1 is 1.04 bits per heavy atom. The molecule has 8 heteroatoms. The summed E-state index contributed by atoms with van der Waals surface area (Å²) in [5, 5.41) is 18.5. The van der Waals surface area contributed by atoms with E-state index in [2.05, 4.69) is 4.74 Å². The highest BCUT2D eigenvalue weighted by Crippen LogP contribution is 2.25. The molecule has 1 aromatic rings. The minimum atomic E-state index is -0.735. The van der Waals surface area contributed by atoms with Crippen LogP contribution in [0, 0.1) is 0 Å². The predicted octanol–water partition coefficient (Wildman–Crippen LogP) is 1.06. The number of methoxy groups -OCH3 is 1. The van der Waals surface area contributed by atoms with Gasteiger partial charge in [0.05, 0.1) is 13.7 Å². The summed E-state index contributed by atoms with van der Waals surface area (Å²) >= 11 is 0. The second-order valence-electron chi connectivity index (χ2n) is 4.29. The standard InChI is InChI=1S/C15H16O8/c1-21-13(18)4-5-14(19)22-6-2-3-15(20)23-12-8-10(16)7-11(17)9-12/h4-5,7-9,16-17H,2-3,6H2,1H3. The van der Waals surface area contributed by atoms with Gasteiger partial charge in [-0.25, -0.2) is 9.59 Å². The summed E-state index contributed by atoms with van der Waals surface area (Å²) in [4.78, 5) is 33.5. The molecule has 0 saturated heterocycles. The third-order valence-corrected chi connectivity index (χ3v) is 2.43. The van der Waals surface area contributed by atoms with E-state index in [0.717, 1.165) is 18.2 Å². The van der Waals surface area contributed by atoms with Crippen LogP contribution >= 0.6 is 0 Å². The van der Waals surface area contributed by atoms with Crippen molar-refractivity contribution in [3.05, 3.63) is 30.4 Å². The minimum Gasteiger partial charge on any atom is -0.508 e. The fraction of sp³-hybridized carbons (Fsp3) is 0.267. The van der Waals surface area contributed by atoms with Crippen LogP contribution in [0.1, 0.15) is 12.8 Å². The summed E-state index contributed by atoms with van der Waals surface area (Å²) < 4.78 is 14.0. The van der Waals surface area contributed by atoms with Crippen molar-refractivity contribution in [2.45, 2.75) is 12.8 Å². The molecule has 0 spiro atoms. The molecule has 0 aliphatic rings. The lowest BCUT2D eigenvalue weighted by Gasteiger charge is -2.05. The smallest absolute Gasteiger partial charge is 0.331 e. The maximum absolute atomic E-state index is 11.5. The maximum Gasteiger partial charge on any atom is 0.331 e. The van der Waals surface area contributed by atoms with Crippen LogP contribution in [-0.2, 0) is 23.9 Å². The molecule has 2 N–H and O–H groups in total. The zero-order valence-electron chi connectivity index (χ0n) is 12.4. The van der Waals surface area contributed by atoms with Gasteiger partial charge in [-0.2, -0.15) is 0 Å². The van der Waals surface area contributed by atoms with Crippen molar-refractivity contribution in [3.63, 3.8) is 0 Å². The number of carbonyl (C=O) groups is 3. The van der Waals surface area contributed by atoms with E-state index in [1.807, 2.05) is 0 Å². The zero-order valence-corrected chi connectivity index (χ0v) is 12.4. The molecule has 1 aromatic carbocycles. The van der Waals surface area contributed by atoms with Gasteiger partial charge in [0.1, 0.15) is 17.2 Å². The van der Waals surface area contributed by atoms with E-state index < -0.39 is 17.9 Å². The quantitative estimate of drug-likeness (QED) is 0.331. The molecule has 0 aliphatic carbocycles. The number of ether oxygens (including phenoxy) is 3. The van der Waals surface area contributed by atoms with Gasteiger partial charge < -0.3 is 24.4 Å². The first-order valence-corrected chi connectivity index (χ1v) is 6.57. The topological polar surface area (TPSA) is 119 Å². The van der Waals surface area contributed by atoms with E-state index >= 15 is 0 Å². The van der Waals surface area contributed by atoms with Gasteiger partial charge in [0.2, 0.25) is 0 Å². The van der Waals surface area contributed by atoms with E-state index in [1.165, 1.54) is 19.2 Å². The number of esters is 3. The molecule has 0 unspecified atom stereocenters. The first-order chi connectivity index (χ1) is 10.9. The molecule has 0 radical (unpaired) electrons. The summed E-state index contributed by atoms with van der Waals surface area (Å²) in [5.74, 6) is -2.50. The van der Waals surface area contributed by atoms with Crippen LogP contribution in [0.5, 0.6) is 17.2 Å². The molecule has 0 atom stereocenters. The molecular formula is C15H16O8. The number of rotatable bonds is 7. The van der Waals surface area contributed by atoms with Crippen LogP contribution in [0.3, 0.4) is 0 Å². The molecule has 8 nitrogen and oxygen atoms in total. The van der Waals surface area contributed by atoms with Crippen LogP contribution in [0.4, 0.5) is 0 Å². The van der Waals surface area contributed by atoms with Crippen molar-refractivity contribution in [2.75, 3.05) is 13.7 Å². The molecule has 0 aliphatic heterocycles. The number of benzene rings is 1. The summed E-state index contributed by atoms with van der Waals surface area (Å²) in [7, 11) is 1.18. The van der Waals surface area contributed by atoms with Gasteiger partial charge in [-0.3, -0.25) is 4.79 Å². The first-order valence-electron chi connectivity index (χ1n) is 6.57. The van der Waals surface area contributed by atoms with Gasteiger partial charge in [0.15, 0.2) is 0 Å². The summed E-state index contributed by atoms with van der Waals surface area (Å²) in [6, 6.07) is 3.45. The normalized spacial score (nSPS) is 10.3. The third-order valence-electron chi connectivity index (χ3n) is 2.43. The number of phenols is 2. The zero-order chi connectivity index (χ0) is 17.2. The van der Waals surface area contributed by atoms with Gasteiger partial charge in [0, 0.05) is 36.8 Å². The molecule has 0 fully saturated rings. The van der Waals surface area contributed by atoms with E-state index in [4.69, 9.17) is 9.47 Å². The number of phenolic OH excluding ortho intramolecular Hbond substituents is 2. The Morgan fingerprint density at radius 3 is 2.26 bits per heavy atom. The van der Waals surface area contributed by atoms with Crippen LogP contribution in [0.25, 0.3) is 0 Å². The minimum absolute atomic E-state index is 0.00510. The average Bonchev–Trinajstić information content (AvgIpc) is 2.48. The van der Waals surface area contributed by atoms with Crippen molar-refractivity contribution in [1.29, 1.82) is 0 Å². The van der Waals surface area contributed by atoms with Gasteiger partial charge in [0.25, 0.3) is 0 Å². The fourth-order valence-electron chi connectivity index (χ4n) is 1.45. The van der Waals surface area contributed by atoms with Crippen molar-refractivity contribution in [2.24, 2.45) is 0 Å². The van der Waals surface area contributed by atoms with E-state index in [1.54, 1.807) is 0 Å². The number of hydrogen-bond acceptors (Lipinski definition) is 8. The lowest BCUT2D eigenvalue weighted by molar-refractivity contribution is -0.140. The van der Waals surface area contributed by atoms with Gasteiger partial charge in [-0.15, -0.1) is 0 Å². The average molecular weight is 324 g/mol. The van der Waals surface area contributed by atoms with Crippen molar-refractivity contribution < 1.29 is 38.8 Å². The highest BCUT2D eigenvalue weighted by atomic mass is 16.5. The number of carbonyl (C=O) groups excluding carboxylic acids is 3. The molecule has 0 aromatic heterocycles. The lowest BCUT2D eigenvalue weighted by atomic mass is 10.3. The largest absolute Gasteiger partial charge is 0.508 e. The second kappa shape index (κ2) is 9.08. The van der Waals surface area contributed by atoms with Crippen LogP contribution in [0.2, 0.25) is 0 Å². The molecule has 124 valence electrons. The highest BCUT2D eigenvalue weighted by Gasteiger charge is 2.08. The Kier molecular flexibility index (Phi) is 7.12. The Labute approximate surface area is 131 Å². The summed E-state index contributed by atoms with van der Waals surface area (Å²) in [6.07, 6.45) is 2.01. The third kappa shape index (κ3) is 7.51. The Balaban J connectivity index is 2.27. The molecule has 1 rings (SSSR count). The fourth-order valence-corrected chi connectivity index (χ4v) is 1.45. The van der Waals surface area contributed by atoms with Gasteiger partial charge in [-0.05, 0) is 6.42 Å². The van der Waals surface area contributed by atoms with E-state index in [9.17, 15) is 24.6 Å². The Morgan fingerprint density at radius 2 is 1.65 bits per heavy atom. The molecule has 0 saturated carbocycles. The van der Waals surface area contributed by atoms with E-state index in [-0.39, 0.29) is 36.7 Å². The van der Waals surface area contributed by atoms with Crippen LogP contribution in [-0.4, -0.2) is 41.8 Å². The van der Waals surface area contributed by atoms with Crippen molar-refractivity contribution in [1.82, 2.24) is 0 Å².